The maximum atomic E-state index is 16.9. The van der Waals surface area contributed by atoms with E-state index < -0.39 is 28.8 Å². The summed E-state index contributed by atoms with van der Waals surface area (Å²) in [6.07, 6.45) is 1.42. The van der Waals surface area contributed by atoms with E-state index in [1.165, 1.54) is 13.0 Å². The van der Waals surface area contributed by atoms with E-state index in [0.717, 1.165) is 64.3 Å². The molecule has 48 heavy (non-hydrogen) atoms. The van der Waals surface area contributed by atoms with Crippen LogP contribution < -0.4 is 25.4 Å². The minimum absolute atomic E-state index is 0.00462. The van der Waals surface area contributed by atoms with E-state index in [1.54, 1.807) is 0 Å². The number of likely N-dealkylation sites (tertiary alicyclic amines) is 1. The van der Waals surface area contributed by atoms with Crippen molar-refractivity contribution in [3.63, 3.8) is 0 Å². The van der Waals surface area contributed by atoms with Crippen molar-refractivity contribution in [2.75, 3.05) is 43.5 Å². The quantitative estimate of drug-likeness (QED) is 0.276. The third kappa shape index (κ3) is 5.49. The number of alkyl halides is 3. The molecule has 4 fully saturated rings. The summed E-state index contributed by atoms with van der Waals surface area (Å²) in [5, 5.41) is 3.93. The van der Waals surface area contributed by atoms with Gasteiger partial charge in [0.25, 0.3) is 0 Å². The Morgan fingerprint density at radius 3 is 2.65 bits per heavy atom. The molecule has 1 aromatic carbocycles. The van der Waals surface area contributed by atoms with Crippen molar-refractivity contribution in [1.29, 1.82) is 0 Å². The summed E-state index contributed by atoms with van der Waals surface area (Å²) in [7, 11) is 0. The summed E-state index contributed by atoms with van der Waals surface area (Å²) in [4.78, 5) is 18.6. The highest BCUT2D eigenvalue weighted by Gasteiger charge is 2.44. The molecule has 5 atom stereocenters. The van der Waals surface area contributed by atoms with Crippen LogP contribution in [0.1, 0.15) is 63.0 Å². The highest BCUT2D eigenvalue weighted by Crippen LogP contribution is 2.46. The van der Waals surface area contributed by atoms with E-state index in [4.69, 9.17) is 24.9 Å². The largest absolute Gasteiger partial charge is 0.477 e. The van der Waals surface area contributed by atoms with E-state index in [2.05, 4.69) is 25.1 Å². The molecule has 3 N–H and O–H groups in total. The lowest BCUT2D eigenvalue weighted by molar-refractivity contribution is -0.137. The standard InChI is InChI=1S/C34H41F4N7O3/c1-17-14-19(39)15-22(27(17)34(36,37)38)29-28(35)30-26-31(45-16-20-5-6-23(40-20)25(45)9-13-47-32(26)41-29)43-33(42-30)48-18(2)24-4-3-10-44(24)21-7-11-46-12-8-21/h14-15,18,20-21,23-25,40H,3-13,16,39H2,1-2H3/t18-,20+,23-,24-,25+/m0/s1. The number of nitrogens with two attached hydrogens (primary N) is 1. The number of aromatic nitrogens is 3. The van der Waals surface area contributed by atoms with Crippen LogP contribution in [0.5, 0.6) is 11.9 Å². The van der Waals surface area contributed by atoms with Crippen LogP contribution in [0.2, 0.25) is 0 Å². The Labute approximate surface area is 276 Å². The van der Waals surface area contributed by atoms with Crippen molar-refractivity contribution >= 4 is 22.4 Å². The van der Waals surface area contributed by atoms with Crippen molar-refractivity contribution in [1.82, 2.24) is 25.2 Å². The zero-order valence-corrected chi connectivity index (χ0v) is 27.2. The minimum Gasteiger partial charge on any atom is -0.477 e. The van der Waals surface area contributed by atoms with Crippen molar-refractivity contribution < 1.29 is 31.8 Å². The molecular weight excluding hydrogens is 630 g/mol. The first kappa shape index (κ1) is 31.8. The van der Waals surface area contributed by atoms with Crippen LogP contribution in [0.4, 0.5) is 29.1 Å². The van der Waals surface area contributed by atoms with Gasteiger partial charge in [-0.05, 0) is 76.6 Å². The molecule has 5 aliphatic heterocycles. The molecule has 5 aliphatic rings. The fraction of sp³-hybridized carbons (Fsp3) is 0.618. The fourth-order valence-electron chi connectivity index (χ4n) is 8.82. The maximum absolute atomic E-state index is 16.9. The molecule has 0 saturated carbocycles. The number of fused-ring (bicyclic) bond motifs is 5. The van der Waals surface area contributed by atoms with Gasteiger partial charge in [-0.2, -0.15) is 23.1 Å². The molecule has 2 bridgehead atoms. The van der Waals surface area contributed by atoms with Gasteiger partial charge in [0.15, 0.2) is 5.82 Å². The van der Waals surface area contributed by atoms with Gasteiger partial charge < -0.3 is 30.2 Å². The number of nitrogens with one attached hydrogen (secondary N) is 1. The number of hydrogen-bond acceptors (Lipinski definition) is 10. The van der Waals surface area contributed by atoms with Crippen LogP contribution in [0.25, 0.3) is 22.2 Å². The van der Waals surface area contributed by atoms with E-state index >= 15 is 4.39 Å². The van der Waals surface area contributed by atoms with Crippen LogP contribution in [0, 0.1) is 12.7 Å². The monoisotopic (exact) mass is 671 g/mol. The van der Waals surface area contributed by atoms with Crippen LogP contribution in [0.3, 0.4) is 0 Å². The van der Waals surface area contributed by atoms with Gasteiger partial charge in [-0.3, -0.25) is 4.90 Å². The normalized spacial score (nSPS) is 27.0. The second-order valence-corrected chi connectivity index (χ2v) is 13.9. The van der Waals surface area contributed by atoms with Gasteiger partial charge in [-0.1, -0.05) is 0 Å². The van der Waals surface area contributed by atoms with Crippen molar-refractivity contribution in [3.8, 4) is 23.1 Å². The van der Waals surface area contributed by atoms with Crippen molar-refractivity contribution in [2.45, 2.75) is 101 Å². The second kappa shape index (κ2) is 12.1. The summed E-state index contributed by atoms with van der Waals surface area (Å²) in [5.74, 6) is -0.574. The topological polar surface area (TPSA) is 111 Å². The summed E-state index contributed by atoms with van der Waals surface area (Å²) in [5.41, 5.74) is 3.76. The third-order valence-electron chi connectivity index (χ3n) is 10.9. The summed E-state index contributed by atoms with van der Waals surface area (Å²) >= 11 is 0. The van der Waals surface area contributed by atoms with Gasteiger partial charge in [-0.15, -0.1) is 0 Å². The Bertz CT molecular complexity index is 1720. The van der Waals surface area contributed by atoms with Crippen LogP contribution in [-0.2, 0) is 10.9 Å². The number of piperazine rings is 1. The van der Waals surface area contributed by atoms with Crippen LogP contribution in [-0.4, -0.2) is 89.1 Å². The van der Waals surface area contributed by atoms with E-state index in [0.29, 0.717) is 24.8 Å². The zero-order chi connectivity index (χ0) is 33.3. The van der Waals surface area contributed by atoms with Gasteiger partial charge in [-0.25, -0.2) is 9.37 Å². The molecule has 8 rings (SSSR count). The first-order chi connectivity index (χ1) is 23.1. The molecule has 7 heterocycles. The predicted octanol–water partition coefficient (Wildman–Crippen LogP) is 5.24. The van der Waals surface area contributed by atoms with Gasteiger partial charge in [0.2, 0.25) is 5.88 Å². The lowest BCUT2D eigenvalue weighted by Gasteiger charge is -2.43. The molecule has 0 spiro atoms. The first-order valence-corrected chi connectivity index (χ1v) is 17.1. The maximum Gasteiger partial charge on any atom is 0.417 e. The highest BCUT2D eigenvalue weighted by molar-refractivity contribution is 5.97. The Hall–Kier alpha value is -3.49. The molecule has 2 aromatic heterocycles. The molecule has 0 amide bonds. The number of rotatable bonds is 5. The van der Waals surface area contributed by atoms with Crippen molar-refractivity contribution in [2.24, 2.45) is 0 Å². The average Bonchev–Trinajstić information content (AvgIpc) is 3.69. The first-order valence-electron chi connectivity index (χ1n) is 17.1. The minimum atomic E-state index is -4.78. The lowest BCUT2D eigenvalue weighted by atomic mass is 9.96. The Balaban J connectivity index is 1.28. The molecule has 0 unspecified atom stereocenters. The fourth-order valence-corrected chi connectivity index (χ4v) is 8.82. The molecule has 0 aliphatic carbocycles. The Morgan fingerprint density at radius 1 is 1.04 bits per heavy atom. The molecule has 0 radical (unpaired) electrons. The van der Waals surface area contributed by atoms with E-state index in [-0.39, 0.29) is 70.9 Å². The molecule has 10 nitrogen and oxygen atoms in total. The second-order valence-electron chi connectivity index (χ2n) is 13.9. The Morgan fingerprint density at radius 2 is 1.85 bits per heavy atom. The van der Waals surface area contributed by atoms with Crippen LogP contribution >= 0.6 is 0 Å². The number of nitrogens with zero attached hydrogens (tertiary/aromatic N) is 5. The SMILES string of the molecule is Cc1cc(N)cc(-c2nc3c4c(nc(O[C@@H](C)[C@@H]5CCCN5C5CCOCC5)nc4c2F)N2C[C@H]4CC[C@H](N4)[C@H]2CCO3)c1C(F)(F)F. The number of aryl methyl sites for hydroxylation is 1. The summed E-state index contributed by atoms with van der Waals surface area (Å²) in [6, 6.07) is 3.28. The zero-order valence-electron chi connectivity index (χ0n) is 27.2. The number of nitrogen functional groups attached to an aromatic ring is 1. The number of anilines is 2. The van der Waals surface area contributed by atoms with E-state index in [9.17, 15) is 13.2 Å². The number of halogens is 4. The van der Waals surface area contributed by atoms with Gasteiger partial charge in [0, 0.05) is 67.6 Å². The number of hydrogen-bond donors (Lipinski definition) is 2. The molecule has 14 heteroatoms. The number of benzene rings is 1. The van der Waals surface area contributed by atoms with Gasteiger partial charge in [0.1, 0.15) is 28.5 Å². The molecular formula is C34H41F4N7O3. The number of ether oxygens (including phenoxy) is 3. The highest BCUT2D eigenvalue weighted by atomic mass is 19.4. The van der Waals surface area contributed by atoms with Crippen LogP contribution in [0.15, 0.2) is 12.1 Å². The molecule has 258 valence electrons. The average molecular weight is 672 g/mol. The lowest BCUT2D eigenvalue weighted by Crippen LogP contribution is -2.59. The van der Waals surface area contributed by atoms with E-state index in [1.807, 2.05) is 6.92 Å². The predicted molar refractivity (Wildman–Crippen MR) is 172 cm³/mol. The smallest absolute Gasteiger partial charge is 0.417 e. The van der Waals surface area contributed by atoms with Gasteiger partial charge in [0.05, 0.1) is 12.2 Å². The summed E-state index contributed by atoms with van der Waals surface area (Å²) in [6.45, 7) is 6.60. The third-order valence-corrected chi connectivity index (χ3v) is 10.9. The molecule has 3 aromatic rings. The van der Waals surface area contributed by atoms with Gasteiger partial charge >= 0.3 is 12.2 Å². The van der Waals surface area contributed by atoms with Crippen molar-refractivity contribution in [3.05, 3.63) is 29.1 Å². The summed E-state index contributed by atoms with van der Waals surface area (Å²) < 4.78 is 78.5. The number of pyridine rings is 1. The Kier molecular flexibility index (Phi) is 8.03. The molecule has 4 saturated heterocycles.